The van der Waals surface area contributed by atoms with Crippen LogP contribution in [0, 0.1) is 0 Å². The van der Waals surface area contributed by atoms with Crippen LogP contribution in [0.5, 0.6) is 5.75 Å². The van der Waals surface area contributed by atoms with Crippen LogP contribution in [0.3, 0.4) is 0 Å². The average Bonchev–Trinajstić information content (AvgIpc) is 3.07. The van der Waals surface area contributed by atoms with Crippen LogP contribution in [-0.4, -0.2) is 24.8 Å². The molecular formula is C26H21Cl2N3O4. The highest BCUT2D eigenvalue weighted by Crippen LogP contribution is 2.37. The molecule has 0 fully saturated rings. The molecule has 1 aliphatic rings. The number of benzene rings is 3. The van der Waals surface area contributed by atoms with Gasteiger partial charge in [0.05, 0.1) is 12.8 Å². The van der Waals surface area contributed by atoms with Crippen LogP contribution in [0.25, 0.3) is 0 Å². The average molecular weight is 510 g/mol. The first kappa shape index (κ1) is 24.3. The number of amides is 3. The number of ether oxygens (including phenoxy) is 1. The molecule has 3 aromatic rings. The zero-order valence-electron chi connectivity index (χ0n) is 18.9. The molecule has 0 radical (unpaired) electrons. The second-order valence-electron chi connectivity index (χ2n) is 7.66. The monoisotopic (exact) mass is 509 g/mol. The van der Waals surface area contributed by atoms with E-state index in [4.69, 9.17) is 27.9 Å². The summed E-state index contributed by atoms with van der Waals surface area (Å²) in [5.74, 6) is -1.43. The molecule has 0 bridgehead atoms. The van der Waals surface area contributed by atoms with Crippen molar-refractivity contribution in [3.8, 4) is 5.75 Å². The highest BCUT2D eigenvalue weighted by Gasteiger charge is 2.40. The number of nitrogens with zero attached hydrogens (tertiary/aromatic N) is 1. The van der Waals surface area contributed by atoms with E-state index in [9.17, 15) is 14.4 Å². The predicted molar refractivity (Wildman–Crippen MR) is 137 cm³/mol. The molecule has 0 unspecified atom stereocenters. The molecule has 3 amide bonds. The van der Waals surface area contributed by atoms with Gasteiger partial charge in [-0.2, -0.15) is 0 Å². The maximum Gasteiger partial charge on any atom is 0.283 e. The number of hydrogen-bond acceptors (Lipinski definition) is 5. The van der Waals surface area contributed by atoms with Gasteiger partial charge in [0.15, 0.2) is 0 Å². The SMILES string of the molecule is CCc1ccc(NC(=O)c2cccc(NC3=C(Cl)C(=O)N(c4cc(Cl)ccc4OC)C3=O)c2)cc1. The van der Waals surface area contributed by atoms with Gasteiger partial charge in [0.2, 0.25) is 0 Å². The number of carbonyl (C=O) groups excluding carboxylic acids is 3. The molecule has 0 atom stereocenters. The van der Waals surface area contributed by atoms with E-state index >= 15 is 0 Å². The zero-order valence-corrected chi connectivity index (χ0v) is 20.4. The molecule has 4 rings (SSSR count). The Balaban J connectivity index is 1.55. The third kappa shape index (κ3) is 5.01. The third-order valence-electron chi connectivity index (χ3n) is 5.42. The van der Waals surface area contributed by atoms with Gasteiger partial charge in [-0.05, 0) is 60.5 Å². The van der Waals surface area contributed by atoms with Crippen LogP contribution >= 0.6 is 23.2 Å². The topological polar surface area (TPSA) is 87.7 Å². The van der Waals surface area contributed by atoms with Gasteiger partial charge in [-0.1, -0.05) is 48.3 Å². The summed E-state index contributed by atoms with van der Waals surface area (Å²) in [5, 5.41) is 5.75. The Morgan fingerprint density at radius 2 is 1.69 bits per heavy atom. The summed E-state index contributed by atoms with van der Waals surface area (Å²) in [7, 11) is 1.42. The second-order valence-corrected chi connectivity index (χ2v) is 8.48. The first-order chi connectivity index (χ1) is 16.8. The van der Waals surface area contributed by atoms with E-state index in [0.717, 1.165) is 11.3 Å². The van der Waals surface area contributed by atoms with Crippen molar-refractivity contribution in [1.29, 1.82) is 0 Å². The van der Waals surface area contributed by atoms with E-state index in [1.165, 1.54) is 18.7 Å². The smallest absolute Gasteiger partial charge is 0.283 e. The number of hydrogen-bond donors (Lipinski definition) is 2. The van der Waals surface area contributed by atoms with Crippen LogP contribution in [-0.2, 0) is 16.0 Å². The number of imide groups is 1. The maximum absolute atomic E-state index is 13.1. The predicted octanol–water partition coefficient (Wildman–Crippen LogP) is 5.60. The molecule has 35 heavy (non-hydrogen) atoms. The van der Waals surface area contributed by atoms with Crippen molar-refractivity contribution in [2.75, 3.05) is 22.6 Å². The zero-order chi connectivity index (χ0) is 25.1. The van der Waals surface area contributed by atoms with Crippen LogP contribution in [0.15, 0.2) is 77.5 Å². The Morgan fingerprint density at radius 3 is 2.37 bits per heavy atom. The van der Waals surface area contributed by atoms with Gasteiger partial charge in [-0.3, -0.25) is 14.4 Å². The largest absolute Gasteiger partial charge is 0.495 e. The second kappa shape index (κ2) is 10.2. The summed E-state index contributed by atoms with van der Waals surface area (Å²) >= 11 is 12.3. The Labute approximate surface area is 212 Å². The van der Waals surface area contributed by atoms with Crippen LogP contribution < -0.4 is 20.3 Å². The molecule has 0 saturated carbocycles. The lowest BCUT2D eigenvalue weighted by Gasteiger charge is -2.18. The van der Waals surface area contributed by atoms with E-state index in [2.05, 4.69) is 17.6 Å². The van der Waals surface area contributed by atoms with E-state index in [-0.39, 0.29) is 28.1 Å². The minimum absolute atomic E-state index is 0.119. The van der Waals surface area contributed by atoms with Crippen LogP contribution in [0.4, 0.5) is 17.1 Å². The summed E-state index contributed by atoms with van der Waals surface area (Å²) in [6, 6.07) is 18.7. The van der Waals surface area contributed by atoms with E-state index in [1.54, 1.807) is 36.4 Å². The van der Waals surface area contributed by atoms with Gasteiger partial charge in [0.25, 0.3) is 17.7 Å². The van der Waals surface area contributed by atoms with Gasteiger partial charge in [0, 0.05) is 22.0 Å². The van der Waals surface area contributed by atoms with Crippen molar-refractivity contribution in [3.63, 3.8) is 0 Å². The highest BCUT2D eigenvalue weighted by atomic mass is 35.5. The first-order valence-corrected chi connectivity index (χ1v) is 11.5. The third-order valence-corrected chi connectivity index (χ3v) is 6.01. The van der Waals surface area contributed by atoms with Crippen molar-refractivity contribution >= 4 is 58.0 Å². The number of aryl methyl sites for hydroxylation is 1. The Kier molecular flexibility index (Phi) is 7.10. The van der Waals surface area contributed by atoms with Gasteiger partial charge in [0.1, 0.15) is 16.5 Å². The Morgan fingerprint density at radius 1 is 0.943 bits per heavy atom. The van der Waals surface area contributed by atoms with Crippen LogP contribution in [0.1, 0.15) is 22.8 Å². The van der Waals surface area contributed by atoms with Gasteiger partial charge in [-0.15, -0.1) is 0 Å². The van der Waals surface area contributed by atoms with Crippen molar-refractivity contribution in [3.05, 3.63) is 93.6 Å². The van der Waals surface area contributed by atoms with E-state index in [1.807, 2.05) is 24.3 Å². The summed E-state index contributed by atoms with van der Waals surface area (Å²) in [4.78, 5) is 39.6. The number of rotatable bonds is 7. The molecule has 1 heterocycles. The van der Waals surface area contributed by atoms with Crippen molar-refractivity contribution in [1.82, 2.24) is 0 Å². The summed E-state index contributed by atoms with van der Waals surface area (Å²) in [5.41, 5.74) is 2.65. The Bertz CT molecular complexity index is 1350. The maximum atomic E-state index is 13.1. The van der Waals surface area contributed by atoms with Gasteiger partial charge in [-0.25, -0.2) is 4.90 Å². The fraction of sp³-hybridized carbons (Fsp3) is 0.115. The minimum Gasteiger partial charge on any atom is -0.495 e. The number of anilines is 3. The minimum atomic E-state index is -0.718. The quantitative estimate of drug-likeness (QED) is 0.404. The highest BCUT2D eigenvalue weighted by molar-refractivity contribution is 6.53. The van der Waals surface area contributed by atoms with Gasteiger partial charge >= 0.3 is 0 Å². The Hall–Kier alpha value is -3.81. The fourth-order valence-electron chi connectivity index (χ4n) is 3.58. The summed E-state index contributed by atoms with van der Waals surface area (Å²) in [6.07, 6.45) is 0.906. The standard InChI is InChI=1S/C26H21Cl2N3O4/c1-3-15-7-10-18(11-8-15)30-24(32)16-5-4-6-19(13-16)29-23-22(28)25(33)31(26(23)34)20-14-17(27)9-12-21(20)35-2/h4-14,29H,3H2,1-2H3,(H,30,32). The van der Waals surface area contributed by atoms with Crippen molar-refractivity contribution in [2.24, 2.45) is 0 Å². The lowest BCUT2D eigenvalue weighted by atomic mass is 10.1. The number of nitrogens with one attached hydrogen (secondary N) is 2. The molecule has 9 heteroatoms. The molecule has 0 saturated heterocycles. The molecule has 0 aromatic heterocycles. The molecule has 1 aliphatic heterocycles. The molecule has 3 aromatic carbocycles. The molecule has 178 valence electrons. The lowest BCUT2D eigenvalue weighted by molar-refractivity contribution is -0.120. The summed E-state index contributed by atoms with van der Waals surface area (Å²) in [6.45, 7) is 2.06. The molecule has 0 aliphatic carbocycles. The first-order valence-electron chi connectivity index (χ1n) is 10.7. The van der Waals surface area contributed by atoms with Crippen molar-refractivity contribution in [2.45, 2.75) is 13.3 Å². The number of methoxy groups -OCH3 is 1. The van der Waals surface area contributed by atoms with Gasteiger partial charge < -0.3 is 15.4 Å². The lowest BCUT2D eigenvalue weighted by Crippen LogP contribution is -2.32. The van der Waals surface area contributed by atoms with E-state index < -0.39 is 11.8 Å². The summed E-state index contributed by atoms with van der Waals surface area (Å²) < 4.78 is 5.27. The van der Waals surface area contributed by atoms with Crippen molar-refractivity contribution < 1.29 is 19.1 Å². The molecule has 0 spiro atoms. The number of carbonyl (C=O) groups is 3. The molecule has 7 nitrogen and oxygen atoms in total. The normalized spacial score (nSPS) is 13.3. The molecule has 2 N–H and O–H groups in total. The fourth-order valence-corrected chi connectivity index (χ4v) is 3.96. The molecular weight excluding hydrogens is 489 g/mol. The van der Waals surface area contributed by atoms with E-state index in [0.29, 0.717) is 22.0 Å². The number of halogens is 2. The van der Waals surface area contributed by atoms with Crippen LogP contribution in [0.2, 0.25) is 5.02 Å².